The summed E-state index contributed by atoms with van der Waals surface area (Å²) in [6.45, 7) is 11.3. The summed E-state index contributed by atoms with van der Waals surface area (Å²) >= 11 is 0. The van der Waals surface area contributed by atoms with Crippen molar-refractivity contribution in [1.29, 1.82) is 0 Å². The van der Waals surface area contributed by atoms with Crippen molar-refractivity contribution in [3.63, 3.8) is 0 Å². The zero-order valence-electron chi connectivity index (χ0n) is 6.83. The summed E-state index contributed by atoms with van der Waals surface area (Å²) in [6, 6.07) is 0.464. The van der Waals surface area contributed by atoms with Gasteiger partial charge in [0.05, 0.1) is 6.04 Å². The van der Waals surface area contributed by atoms with Crippen molar-refractivity contribution in [3.8, 4) is 0 Å². The Morgan fingerprint density at radius 3 is 2.91 bits per heavy atom. The minimum Gasteiger partial charge on any atom is -0.308 e. The first-order valence-electron chi connectivity index (χ1n) is 3.65. The number of aromatic nitrogens is 2. The lowest BCUT2D eigenvalue weighted by molar-refractivity contribution is -0.715. The van der Waals surface area contributed by atoms with Crippen LogP contribution in [0.2, 0.25) is 0 Å². The fraction of sp³-hybridized carbons (Fsp3) is 0.500. The summed E-state index contributed by atoms with van der Waals surface area (Å²) in [7, 11) is 0. The van der Waals surface area contributed by atoms with E-state index in [0.29, 0.717) is 12.6 Å². The Morgan fingerprint density at radius 1 is 1.73 bits per heavy atom. The number of rotatable bonds is 2. The largest absolute Gasteiger partial charge is 0.308 e. The van der Waals surface area contributed by atoms with Gasteiger partial charge in [0.2, 0.25) is 12.0 Å². The van der Waals surface area contributed by atoms with Crippen molar-refractivity contribution >= 4 is 0 Å². The molecule has 3 heteroatoms. The number of nitrogens with zero attached hydrogens (tertiary/aromatic N) is 2. The van der Waals surface area contributed by atoms with Crippen molar-refractivity contribution in [2.45, 2.75) is 26.4 Å². The fourth-order valence-electron chi connectivity index (χ4n) is 0.882. The van der Waals surface area contributed by atoms with Crippen molar-refractivity contribution in [3.05, 3.63) is 29.6 Å². The number of nitrogens with one attached hydrogen (secondary N) is 1. The summed E-state index contributed by atoms with van der Waals surface area (Å²) in [5, 5.41) is 0. The predicted molar refractivity (Wildman–Crippen MR) is 41.7 cm³/mol. The van der Waals surface area contributed by atoms with E-state index in [1.807, 2.05) is 12.5 Å². The van der Waals surface area contributed by atoms with E-state index >= 15 is 0 Å². The van der Waals surface area contributed by atoms with Gasteiger partial charge < -0.3 is 4.85 Å². The Morgan fingerprint density at radius 2 is 2.45 bits per heavy atom. The molecule has 0 bridgehead atoms. The maximum atomic E-state index is 6.65. The topological polar surface area (TPSA) is 24.0 Å². The molecule has 1 heterocycles. The number of H-pyrrole nitrogens is 1. The van der Waals surface area contributed by atoms with E-state index in [1.165, 1.54) is 0 Å². The van der Waals surface area contributed by atoms with Gasteiger partial charge >= 0.3 is 0 Å². The van der Waals surface area contributed by atoms with Crippen LogP contribution < -0.4 is 4.57 Å². The summed E-state index contributed by atoms with van der Waals surface area (Å²) in [4.78, 5) is 6.32. The van der Waals surface area contributed by atoms with Crippen LogP contribution in [0.1, 0.15) is 25.6 Å². The lowest BCUT2D eigenvalue weighted by Crippen LogP contribution is -2.32. The van der Waals surface area contributed by atoms with Crippen LogP contribution in [0, 0.1) is 6.57 Å². The molecule has 1 rings (SSSR count). The molecule has 1 N–H and O–H groups in total. The van der Waals surface area contributed by atoms with Crippen LogP contribution in [0.5, 0.6) is 0 Å². The predicted octanol–water partition coefficient (Wildman–Crippen LogP) is 1.30. The highest BCUT2D eigenvalue weighted by molar-refractivity contribution is 4.92. The van der Waals surface area contributed by atoms with E-state index in [2.05, 4.69) is 28.2 Å². The normalized spacial score (nSPS) is 10.0. The SMILES string of the molecule is [C-]#[N+]Cc1c[n+](C(C)C)c[nH]1. The quantitative estimate of drug-likeness (QED) is 0.485. The highest BCUT2D eigenvalue weighted by atomic mass is 15.1. The monoisotopic (exact) mass is 150 g/mol. The van der Waals surface area contributed by atoms with Crippen molar-refractivity contribution in [1.82, 2.24) is 4.98 Å². The first-order valence-corrected chi connectivity index (χ1v) is 3.65. The zero-order chi connectivity index (χ0) is 8.27. The molecule has 58 valence electrons. The third-order valence-electron chi connectivity index (χ3n) is 1.55. The van der Waals surface area contributed by atoms with Gasteiger partial charge in [-0.1, -0.05) is 0 Å². The third-order valence-corrected chi connectivity index (χ3v) is 1.55. The smallest absolute Gasteiger partial charge is 0.278 e. The van der Waals surface area contributed by atoms with Crippen LogP contribution in [-0.4, -0.2) is 4.98 Å². The molecule has 0 saturated carbocycles. The summed E-state index contributed by atoms with van der Waals surface area (Å²) in [6.07, 6.45) is 3.87. The molecule has 0 aromatic carbocycles. The van der Waals surface area contributed by atoms with Crippen LogP contribution in [0.15, 0.2) is 12.5 Å². The molecular weight excluding hydrogens is 138 g/mol. The average Bonchev–Trinajstić information content (AvgIpc) is 2.37. The van der Waals surface area contributed by atoms with E-state index in [0.717, 1.165) is 5.69 Å². The van der Waals surface area contributed by atoms with Crippen molar-refractivity contribution in [2.24, 2.45) is 0 Å². The molecule has 0 spiro atoms. The van der Waals surface area contributed by atoms with Crippen LogP contribution >= 0.6 is 0 Å². The molecule has 0 atom stereocenters. The second kappa shape index (κ2) is 3.20. The van der Waals surface area contributed by atoms with Gasteiger partial charge in [0.15, 0.2) is 0 Å². The Bertz CT molecular complexity index is 267. The molecule has 0 unspecified atom stereocenters. The van der Waals surface area contributed by atoms with Crippen LogP contribution in [0.4, 0.5) is 0 Å². The van der Waals surface area contributed by atoms with Crippen molar-refractivity contribution < 1.29 is 4.57 Å². The maximum absolute atomic E-state index is 6.65. The molecule has 0 aliphatic rings. The average molecular weight is 150 g/mol. The highest BCUT2D eigenvalue weighted by Gasteiger charge is 2.08. The van der Waals surface area contributed by atoms with Crippen LogP contribution in [0.3, 0.4) is 0 Å². The minimum atomic E-state index is 0.444. The Hall–Kier alpha value is -1.30. The molecule has 1 aromatic heterocycles. The van der Waals surface area contributed by atoms with Gasteiger partial charge in [0.25, 0.3) is 6.54 Å². The minimum absolute atomic E-state index is 0.444. The highest BCUT2D eigenvalue weighted by Crippen LogP contribution is 1.95. The molecule has 0 radical (unpaired) electrons. The van der Waals surface area contributed by atoms with E-state index in [-0.39, 0.29) is 0 Å². The van der Waals surface area contributed by atoms with E-state index < -0.39 is 0 Å². The lowest BCUT2D eigenvalue weighted by Gasteiger charge is -1.95. The Labute approximate surface area is 66.5 Å². The number of imidazole rings is 1. The van der Waals surface area contributed by atoms with Gasteiger partial charge in [-0.05, 0) is 13.8 Å². The van der Waals surface area contributed by atoms with E-state index in [4.69, 9.17) is 6.57 Å². The summed E-state index contributed by atoms with van der Waals surface area (Å²) in [5.74, 6) is 0. The van der Waals surface area contributed by atoms with E-state index in [9.17, 15) is 0 Å². The number of hydrogen-bond acceptors (Lipinski definition) is 0. The molecule has 0 aliphatic carbocycles. The molecule has 0 saturated heterocycles. The van der Waals surface area contributed by atoms with Gasteiger partial charge in [-0.15, -0.1) is 0 Å². The summed E-state index contributed by atoms with van der Waals surface area (Å²) < 4.78 is 2.06. The van der Waals surface area contributed by atoms with Crippen LogP contribution in [-0.2, 0) is 6.54 Å². The molecule has 0 aliphatic heterocycles. The van der Waals surface area contributed by atoms with Gasteiger partial charge in [0.1, 0.15) is 6.20 Å². The molecular formula is C8H12N3+. The number of aromatic amines is 1. The maximum Gasteiger partial charge on any atom is 0.278 e. The van der Waals surface area contributed by atoms with Gasteiger partial charge in [0, 0.05) is 0 Å². The van der Waals surface area contributed by atoms with Gasteiger partial charge in [-0.3, -0.25) is 0 Å². The van der Waals surface area contributed by atoms with Gasteiger partial charge in [-0.25, -0.2) is 16.1 Å². The first kappa shape index (κ1) is 7.80. The Balaban J connectivity index is 2.75. The molecule has 3 nitrogen and oxygen atoms in total. The van der Waals surface area contributed by atoms with E-state index in [1.54, 1.807) is 0 Å². The fourth-order valence-corrected chi connectivity index (χ4v) is 0.882. The van der Waals surface area contributed by atoms with Crippen LogP contribution in [0.25, 0.3) is 4.85 Å². The molecule has 11 heavy (non-hydrogen) atoms. The second-order valence-electron chi connectivity index (χ2n) is 2.78. The number of hydrogen-bond donors (Lipinski definition) is 1. The zero-order valence-corrected chi connectivity index (χ0v) is 6.83. The molecule has 1 aromatic rings. The van der Waals surface area contributed by atoms with Crippen molar-refractivity contribution in [2.75, 3.05) is 0 Å². The molecule has 0 fully saturated rings. The standard InChI is InChI=1S/C8H11N3/c1-7(2)11-5-8(4-9-3)10-6-11/h5-7H,4H2,1-2H3/p+1. The van der Waals surface area contributed by atoms with Gasteiger partial charge in [-0.2, -0.15) is 0 Å². The molecule has 0 amide bonds. The first-order chi connectivity index (χ1) is 5.24. The lowest BCUT2D eigenvalue weighted by atomic mass is 10.4. The second-order valence-corrected chi connectivity index (χ2v) is 2.78. The third kappa shape index (κ3) is 1.81. The summed E-state index contributed by atoms with van der Waals surface area (Å²) in [5.41, 5.74) is 0.980. The Kier molecular flexibility index (Phi) is 2.27.